The lowest BCUT2D eigenvalue weighted by Gasteiger charge is -2.07. The fraction of sp³-hybridized carbons (Fsp3) is 0.312. The number of rotatable bonds is 2. The zero-order valence-electron chi connectivity index (χ0n) is 11.4. The van der Waals surface area contributed by atoms with Gasteiger partial charge in [0.1, 0.15) is 11.2 Å². The molecular formula is C16H16O3. The van der Waals surface area contributed by atoms with Gasteiger partial charge in [-0.2, -0.15) is 0 Å². The van der Waals surface area contributed by atoms with Crippen LogP contribution in [0.15, 0.2) is 32.0 Å². The smallest absolute Gasteiger partial charge is 0.336 e. The van der Waals surface area contributed by atoms with Gasteiger partial charge >= 0.3 is 5.63 Å². The first-order chi connectivity index (χ1) is 9.15. The maximum absolute atomic E-state index is 11.7. The van der Waals surface area contributed by atoms with Crippen molar-refractivity contribution < 1.29 is 8.83 Å². The van der Waals surface area contributed by atoms with Crippen LogP contribution in [0.1, 0.15) is 30.5 Å². The molecule has 0 unspecified atom stereocenters. The molecule has 2 aromatic heterocycles. The lowest BCUT2D eigenvalue weighted by Crippen LogP contribution is -2.01. The van der Waals surface area contributed by atoms with Gasteiger partial charge in [0.25, 0.3) is 0 Å². The van der Waals surface area contributed by atoms with Crippen molar-refractivity contribution in [1.29, 1.82) is 0 Å². The van der Waals surface area contributed by atoms with Crippen LogP contribution in [0.3, 0.4) is 0 Å². The van der Waals surface area contributed by atoms with Crippen LogP contribution >= 0.6 is 0 Å². The van der Waals surface area contributed by atoms with E-state index in [1.54, 1.807) is 12.3 Å². The maximum atomic E-state index is 11.7. The number of fused-ring (bicyclic) bond motifs is 3. The molecule has 0 aliphatic heterocycles. The fourth-order valence-electron chi connectivity index (χ4n) is 2.65. The summed E-state index contributed by atoms with van der Waals surface area (Å²) in [5.41, 5.74) is 4.39. The Hall–Kier alpha value is -2.03. The van der Waals surface area contributed by atoms with E-state index in [1.807, 2.05) is 13.8 Å². The molecule has 2 heterocycles. The van der Waals surface area contributed by atoms with Crippen LogP contribution in [0, 0.1) is 6.92 Å². The molecule has 3 aromatic rings. The summed E-state index contributed by atoms with van der Waals surface area (Å²) in [6.45, 7) is 6.12. The average molecular weight is 256 g/mol. The third-order valence-corrected chi connectivity index (χ3v) is 3.66. The van der Waals surface area contributed by atoms with Crippen molar-refractivity contribution in [3.05, 3.63) is 45.5 Å². The topological polar surface area (TPSA) is 43.4 Å². The lowest BCUT2D eigenvalue weighted by molar-refractivity contribution is 0.561. The molecule has 0 fully saturated rings. The minimum absolute atomic E-state index is 0.296. The van der Waals surface area contributed by atoms with Gasteiger partial charge in [0, 0.05) is 11.5 Å². The first kappa shape index (κ1) is 12.0. The van der Waals surface area contributed by atoms with Gasteiger partial charge < -0.3 is 8.83 Å². The molecule has 98 valence electrons. The van der Waals surface area contributed by atoms with Crippen molar-refractivity contribution in [2.75, 3.05) is 0 Å². The summed E-state index contributed by atoms with van der Waals surface area (Å²) >= 11 is 0. The molecule has 3 nitrogen and oxygen atoms in total. The summed E-state index contributed by atoms with van der Waals surface area (Å²) in [5.74, 6) is 0. The van der Waals surface area contributed by atoms with E-state index in [1.165, 1.54) is 0 Å². The minimum Gasteiger partial charge on any atom is -0.464 e. The van der Waals surface area contributed by atoms with E-state index in [4.69, 9.17) is 8.83 Å². The zero-order chi connectivity index (χ0) is 13.6. The summed E-state index contributed by atoms with van der Waals surface area (Å²) in [7, 11) is 0. The molecule has 0 N–H and O–H groups in total. The average Bonchev–Trinajstić information content (AvgIpc) is 2.80. The summed E-state index contributed by atoms with van der Waals surface area (Å²) in [6, 6.07) is 3.67. The Bertz CT molecular complexity index is 821. The Balaban J connectivity index is 2.62. The first-order valence-electron chi connectivity index (χ1n) is 6.62. The second-order valence-electron chi connectivity index (χ2n) is 4.83. The minimum atomic E-state index is -0.296. The van der Waals surface area contributed by atoms with Crippen molar-refractivity contribution in [3.8, 4) is 0 Å². The second kappa shape index (κ2) is 4.26. The van der Waals surface area contributed by atoms with Crippen molar-refractivity contribution in [2.45, 2.75) is 33.6 Å². The SMILES string of the molecule is CCc1cc(=O)oc2c1cc(CC)c1occ(C)c12. The van der Waals surface area contributed by atoms with Gasteiger partial charge in [-0.1, -0.05) is 13.8 Å². The first-order valence-corrected chi connectivity index (χ1v) is 6.62. The van der Waals surface area contributed by atoms with E-state index in [-0.39, 0.29) is 5.63 Å². The van der Waals surface area contributed by atoms with E-state index in [0.29, 0.717) is 5.58 Å². The van der Waals surface area contributed by atoms with Crippen molar-refractivity contribution in [1.82, 2.24) is 0 Å². The molecule has 0 bridgehead atoms. The quantitative estimate of drug-likeness (QED) is 0.651. The Morgan fingerprint density at radius 1 is 1.05 bits per heavy atom. The predicted octanol–water partition coefficient (Wildman–Crippen LogP) is 3.97. The predicted molar refractivity (Wildman–Crippen MR) is 75.7 cm³/mol. The van der Waals surface area contributed by atoms with Crippen molar-refractivity contribution in [3.63, 3.8) is 0 Å². The van der Waals surface area contributed by atoms with E-state index < -0.39 is 0 Å². The van der Waals surface area contributed by atoms with E-state index in [0.717, 1.165) is 45.9 Å². The van der Waals surface area contributed by atoms with Crippen LogP contribution in [0.4, 0.5) is 0 Å². The highest BCUT2D eigenvalue weighted by Crippen LogP contribution is 2.33. The van der Waals surface area contributed by atoms with Crippen molar-refractivity contribution >= 4 is 21.9 Å². The number of aryl methyl sites for hydroxylation is 3. The highest BCUT2D eigenvalue weighted by Gasteiger charge is 2.15. The van der Waals surface area contributed by atoms with E-state index in [2.05, 4.69) is 13.0 Å². The molecule has 0 atom stereocenters. The van der Waals surface area contributed by atoms with Gasteiger partial charge in [0.2, 0.25) is 0 Å². The van der Waals surface area contributed by atoms with Crippen LogP contribution < -0.4 is 5.63 Å². The molecule has 0 aliphatic rings. The van der Waals surface area contributed by atoms with Gasteiger partial charge in [-0.05, 0) is 42.5 Å². The standard InChI is InChI=1S/C16H16O3/c1-4-10-7-13(17)19-16-12(10)6-11(5-2)15-14(16)9(3)8-18-15/h6-8H,4-5H2,1-3H3. The lowest BCUT2D eigenvalue weighted by atomic mass is 10.00. The molecule has 3 heteroatoms. The maximum Gasteiger partial charge on any atom is 0.336 e. The molecule has 0 spiro atoms. The van der Waals surface area contributed by atoms with Crippen molar-refractivity contribution in [2.24, 2.45) is 0 Å². The Morgan fingerprint density at radius 2 is 1.79 bits per heavy atom. The zero-order valence-corrected chi connectivity index (χ0v) is 11.4. The molecule has 0 saturated heterocycles. The number of hydrogen-bond donors (Lipinski definition) is 0. The second-order valence-corrected chi connectivity index (χ2v) is 4.83. The van der Waals surface area contributed by atoms with Crippen LogP contribution in [0.5, 0.6) is 0 Å². The van der Waals surface area contributed by atoms with Gasteiger partial charge in [-0.25, -0.2) is 4.79 Å². The Kier molecular flexibility index (Phi) is 2.70. The summed E-state index contributed by atoms with van der Waals surface area (Å²) < 4.78 is 11.1. The molecule has 0 saturated carbocycles. The van der Waals surface area contributed by atoms with E-state index in [9.17, 15) is 4.79 Å². The third-order valence-electron chi connectivity index (χ3n) is 3.66. The normalized spacial score (nSPS) is 11.5. The van der Waals surface area contributed by atoms with E-state index >= 15 is 0 Å². The molecule has 0 aliphatic carbocycles. The molecule has 0 radical (unpaired) electrons. The molecule has 3 rings (SSSR count). The fourth-order valence-corrected chi connectivity index (χ4v) is 2.65. The van der Waals surface area contributed by atoms with Crippen LogP contribution in [-0.4, -0.2) is 0 Å². The molecular weight excluding hydrogens is 240 g/mol. The van der Waals surface area contributed by atoms with Crippen LogP contribution in [0.25, 0.3) is 21.9 Å². The monoisotopic (exact) mass is 256 g/mol. The summed E-state index contributed by atoms with van der Waals surface area (Å²) in [5, 5.41) is 1.96. The van der Waals surface area contributed by atoms with Gasteiger partial charge in [0.05, 0.1) is 11.6 Å². The molecule has 1 aromatic carbocycles. The molecule has 0 amide bonds. The summed E-state index contributed by atoms with van der Waals surface area (Å²) in [6.07, 6.45) is 3.43. The largest absolute Gasteiger partial charge is 0.464 e. The third kappa shape index (κ3) is 1.69. The van der Waals surface area contributed by atoms with Gasteiger partial charge in [0.15, 0.2) is 0 Å². The Labute approximate surface area is 110 Å². The number of hydrogen-bond acceptors (Lipinski definition) is 3. The van der Waals surface area contributed by atoms with Crippen LogP contribution in [-0.2, 0) is 12.8 Å². The highest BCUT2D eigenvalue weighted by atomic mass is 16.4. The number of furan rings is 1. The van der Waals surface area contributed by atoms with Crippen LogP contribution in [0.2, 0.25) is 0 Å². The highest BCUT2D eigenvalue weighted by molar-refractivity contribution is 6.06. The van der Waals surface area contributed by atoms with Gasteiger partial charge in [-0.3, -0.25) is 0 Å². The van der Waals surface area contributed by atoms with Gasteiger partial charge in [-0.15, -0.1) is 0 Å². The Morgan fingerprint density at radius 3 is 2.47 bits per heavy atom. The number of benzene rings is 1. The molecule has 19 heavy (non-hydrogen) atoms. The summed E-state index contributed by atoms with van der Waals surface area (Å²) in [4.78, 5) is 11.7.